The van der Waals surface area contributed by atoms with Crippen molar-refractivity contribution in [2.75, 3.05) is 13.2 Å². The molecule has 1 atom stereocenters. The van der Waals surface area contributed by atoms with E-state index in [0.717, 1.165) is 18.2 Å². The molecular weight excluding hydrogens is 307 g/mol. The summed E-state index contributed by atoms with van der Waals surface area (Å²) in [5.41, 5.74) is -2.53. The van der Waals surface area contributed by atoms with Crippen LogP contribution in [0.4, 0.5) is 0 Å². The first kappa shape index (κ1) is 17.4. The molecule has 0 bridgehead atoms. The van der Waals surface area contributed by atoms with Crippen molar-refractivity contribution in [2.24, 2.45) is 0 Å². The van der Waals surface area contributed by atoms with Gasteiger partial charge in [-0.05, 0) is 13.8 Å². The summed E-state index contributed by atoms with van der Waals surface area (Å²) in [6.45, 7) is 2.97. The van der Waals surface area contributed by atoms with E-state index in [-0.39, 0.29) is 18.9 Å². The van der Waals surface area contributed by atoms with Gasteiger partial charge in [-0.1, -0.05) is 0 Å². The lowest BCUT2D eigenvalue weighted by Gasteiger charge is -2.26. The highest BCUT2D eigenvalue weighted by Crippen LogP contribution is 2.54. The minimum Gasteiger partial charge on any atom is -0.287 e. The second-order valence-electron chi connectivity index (χ2n) is 3.90. The Hall–Kier alpha value is -1.61. The van der Waals surface area contributed by atoms with Gasteiger partial charge in [0.2, 0.25) is 0 Å². The van der Waals surface area contributed by atoms with Crippen LogP contribution in [0, 0.1) is 20.2 Å². The van der Waals surface area contributed by atoms with E-state index in [2.05, 4.69) is 0 Å². The number of nitrogens with zero attached hydrogens (tertiary/aromatic N) is 2. The number of allylic oxidation sites excluding steroid dienone is 1. The highest BCUT2D eigenvalue weighted by molar-refractivity contribution is 7.48. The third kappa shape index (κ3) is 4.18. The Bertz CT molecular complexity index is 521. The summed E-state index contributed by atoms with van der Waals surface area (Å²) in [5, 5.41) is 21.8. The van der Waals surface area contributed by atoms with Crippen molar-refractivity contribution in [1.82, 2.24) is 0 Å². The predicted octanol–water partition coefficient (Wildman–Crippen LogP) is 2.28. The first-order chi connectivity index (χ1) is 9.78. The van der Waals surface area contributed by atoms with Crippen LogP contribution in [0.5, 0.6) is 0 Å². The fourth-order valence-corrected chi connectivity index (χ4v) is 2.98. The van der Waals surface area contributed by atoms with Crippen LogP contribution in [0.25, 0.3) is 0 Å². The van der Waals surface area contributed by atoms with Gasteiger partial charge in [0.1, 0.15) is 0 Å². The third-order valence-electron chi connectivity index (χ3n) is 2.48. The van der Waals surface area contributed by atoms with Gasteiger partial charge in [0, 0.05) is 18.2 Å². The van der Waals surface area contributed by atoms with E-state index in [1.807, 2.05) is 0 Å². The minimum atomic E-state index is -4.14. The Morgan fingerprint density at radius 1 is 1.29 bits per heavy atom. The average molecular weight is 322 g/mol. The SMILES string of the molecule is CCOP(=O)(OCC)OC1([N+](=O)[O-])C=CC([N+](=O)[O-])=CC1. The normalized spacial score (nSPS) is 21.9. The Morgan fingerprint density at radius 2 is 1.86 bits per heavy atom. The van der Waals surface area contributed by atoms with E-state index in [1.165, 1.54) is 13.8 Å². The number of nitro groups is 2. The molecule has 0 saturated carbocycles. The standard InChI is InChI=1S/C10H15N2O8P/c1-3-18-21(17,19-4-2)20-10(12(15)16)7-5-9(6-8-10)11(13)14/h5-7H,3-4,8H2,1-2H3. The lowest BCUT2D eigenvalue weighted by molar-refractivity contribution is -0.601. The van der Waals surface area contributed by atoms with Crippen LogP contribution in [-0.2, 0) is 18.1 Å². The van der Waals surface area contributed by atoms with Crippen molar-refractivity contribution in [1.29, 1.82) is 0 Å². The maximum absolute atomic E-state index is 12.2. The predicted molar refractivity (Wildman–Crippen MR) is 70.5 cm³/mol. The quantitative estimate of drug-likeness (QED) is 0.288. The Labute approximate surface area is 120 Å². The number of phosphoric ester groups is 1. The van der Waals surface area contributed by atoms with Crippen LogP contribution in [0.1, 0.15) is 20.3 Å². The Balaban J connectivity index is 3.04. The molecule has 0 aromatic rings. The van der Waals surface area contributed by atoms with Crippen molar-refractivity contribution in [3.05, 3.63) is 44.2 Å². The zero-order valence-electron chi connectivity index (χ0n) is 11.5. The first-order valence-electron chi connectivity index (χ1n) is 6.06. The molecule has 0 saturated heterocycles. The zero-order valence-corrected chi connectivity index (χ0v) is 12.4. The second kappa shape index (κ2) is 6.90. The Kier molecular flexibility index (Phi) is 5.73. The lowest BCUT2D eigenvalue weighted by Crippen LogP contribution is -2.39. The molecule has 118 valence electrons. The molecule has 0 radical (unpaired) electrons. The van der Waals surface area contributed by atoms with Crippen LogP contribution < -0.4 is 0 Å². The maximum Gasteiger partial charge on any atom is 0.480 e. The van der Waals surface area contributed by atoms with Crippen LogP contribution in [-0.4, -0.2) is 28.8 Å². The fraction of sp³-hybridized carbons (Fsp3) is 0.600. The minimum absolute atomic E-state index is 0.0369. The van der Waals surface area contributed by atoms with Crippen molar-refractivity contribution in [3.63, 3.8) is 0 Å². The summed E-state index contributed by atoms with van der Waals surface area (Å²) >= 11 is 0. The van der Waals surface area contributed by atoms with Gasteiger partial charge in [-0.25, -0.2) is 9.09 Å². The van der Waals surface area contributed by atoms with Gasteiger partial charge in [0.25, 0.3) is 5.70 Å². The number of phosphoric acid groups is 1. The van der Waals surface area contributed by atoms with Gasteiger partial charge < -0.3 is 0 Å². The lowest BCUT2D eigenvalue weighted by atomic mass is 10.0. The molecule has 1 unspecified atom stereocenters. The molecule has 21 heavy (non-hydrogen) atoms. The molecule has 1 aliphatic carbocycles. The molecule has 0 spiro atoms. The monoisotopic (exact) mass is 322 g/mol. The van der Waals surface area contributed by atoms with Crippen LogP contribution in [0.2, 0.25) is 0 Å². The summed E-state index contributed by atoms with van der Waals surface area (Å²) < 4.78 is 26.9. The molecule has 0 aromatic heterocycles. The molecule has 0 fully saturated rings. The summed E-state index contributed by atoms with van der Waals surface area (Å²) in [6.07, 6.45) is 2.35. The Morgan fingerprint density at radius 3 is 2.19 bits per heavy atom. The van der Waals surface area contributed by atoms with Crippen molar-refractivity contribution < 1.29 is 28.0 Å². The molecule has 1 aliphatic rings. The van der Waals surface area contributed by atoms with E-state index in [9.17, 15) is 24.8 Å². The molecule has 0 heterocycles. The van der Waals surface area contributed by atoms with Crippen molar-refractivity contribution >= 4 is 7.82 Å². The van der Waals surface area contributed by atoms with Gasteiger partial charge in [0.15, 0.2) is 0 Å². The van der Waals surface area contributed by atoms with Gasteiger partial charge in [-0.3, -0.25) is 29.3 Å². The molecule has 0 aliphatic heterocycles. The van der Waals surface area contributed by atoms with Gasteiger partial charge in [-0.2, -0.15) is 0 Å². The second-order valence-corrected chi connectivity index (χ2v) is 5.49. The number of hydrogen-bond acceptors (Lipinski definition) is 8. The average Bonchev–Trinajstić information content (AvgIpc) is 2.39. The van der Waals surface area contributed by atoms with Crippen LogP contribution in [0.15, 0.2) is 23.9 Å². The molecule has 1 rings (SSSR count). The first-order valence-corrected chi connectivity index (χ1v) is 7.53. The van der Waals surface area contributed by atoms with E-state index in [4.69, 9.17) is 13.6 Å². The number of rotatable bonds is 8. The molecule has 10 nitrogen and oxygen atoms in total. The summed E-state index contributed by atoms with van der Waals surface area (Å²) in [5.74, 6) is 0. The zero-order chi connectivity index (χ0) is 16.1. The van der Waals surface area contributed by atoms with Gasteiger partial charge in [0.05, 0.1) is 29.5 Å². The maximum atomic E-state index is 12.2. The largest absolute Gasteiger partial charge is 0.480 e. The highest BCUT2D eigenvalue weighted by Gasteiger charge is 2.50. The number of hydrogen-bond donors (Lipinski definition) is 0. The molecular formula is C10H15N2O8P. The highest BCUT2D eigenvalue weighted by atomic mass is 31.2. The summed E-state index contributed by atoms with van der Waals surface area (Å²) in [6, 6.07) is 0. The van der Waals surface area contributed by atoms with Crippen molar-refractivity contribution in [3.8, 4) is 0 Å². The van der Waals surface area contributed by atoms with E-state index >= 15 is 0 Å². The smallest absolute Gasteiger partial charge is 0.287 e. The van der Waals surface area contributed by atoms with Gasteiger partial charge >= 0.3 is 13.5 Å². The fourth-order valence-electron chi connectivity index (χ4n) is 1.57. The van der Waals surface area contributed by atoms with Crippen molar-refractivity contribution in [2.45, 2.75) is 26.0 Å². The molecule has 11 heteroatoms. The topological polar surface area (TPSA) is 131 Å². The van der Waals surface area contributed by atoms with Crippen LogP contribution in [0.3, 0.4) is 0 Å². The molecule has 0 aromatic carbocycles. The summed E-state index contributed by atoms with van der Waals surface area (Å²) in [4.78, 5) is 20.3. The summed E-state index contributed by atoms with van der Waals surface area (Å²) in [7, 11) is -4.14. The van der Waals surface area contributed by atoms with Crippen LogP contribution >= 0.6 is 7.82 Å². The van der Waals surface area contributed by atoms with Gasteiger partial charge in [-0.15, -0.1) is 0 Å². The molecule has 0 amide bonds. The van der Waals surface area contributed by atoms with E-state index in [0.29, 0.717) is 0 Å². The van der Waals surface area contributed by atoms with E-state index < -0.39 is 29.8 Å². The van der Waals surface area contributed by atoms with E-state index in [1.54, 1.807) is 0 Å². The third-order valence-corrected chi connectivity index (χ3v) is 4.17. The molecule has 0 N–H and O–H groups in total.